The molecule has 28 heavy (non-hydrogen) atoms. The van der Waals surface area contributed by atoms with Gasteiger partial charge in [0.2, 0.25) is 0 Å². The van der Waals surface area contributed by atoms with Crippen molar-refractivity contribution < 1.29 is 17.9 Å². The predicted octanol–water partition coefficient (Wildman–Crippen LogP) is 4.60. The van der Waals surface area contributed by atoms with Crippen LogP contribution in [0.3, 0.4) is 0 Å². The van der Waals surface area contributed by atoms with Gasteiger partial charge in [0.15, 0.2) is 5.16 Å². The monoisotopic (exact) mass is 403 g/mol. The first-order valence-electron chi connectivity index (χ1n) is 7.86. The standard InChI is InChI=1S/C19H12F3N3O2S/c1-28-18-24-16(15(10-23)17(26)25-18)13-4-2-11(3-5-13)12-6-8-14(9-7-12)27-19(20,21)22/h2-9H,1H3,(H,24,25,26). The summed E-state index contributed by atoms with van der Waals surface area (Å²) in [5, 5.41) is 9.65. The van der Waals surface area contributed by atoms with Gasteiger partial charge in [-0.1, -0.05) is 48.2 Å². The topological polar surface area (TPSA) is 78.8 Å². The molecule has 0 amide bonds. The number of hydrogen-bond acceptors (Lipinski definition) is 5. The quantitative estimate of drug-likeness (QED) is 0.509. The summed E-state index contributed by atoms with van der Waals surface area (Å²) >= 11 is 1.25. The van der Waals surface area contributed by atoms with Gasteiger partial charge in [-0.15, -0.1) is 13.2 Å². The molecule has 0 unspecified atom stereocenters. The Morgan fingerprint density at radius 1 is 1.04 bits per heavy atom. The third-order valence-corrected chi connectivity index (χ3v) is 4.36. The van der Waals surface area contributed by atoms with Gasteiger partial charge in [0.1, 0.15) is 17.4 Å². The first-order chi connectivity index (χ1) is 13.3. The zero-order chi connectivity index (χ0) is 20.3. The van der Waals surface area contributed by atoms with Gasteiger partial charge in [0.25, 0.3) is 5.56 Å². The molecule has 2 aromatic carbocycles. The molecule has 0 atom stereocenters. The van der Waals surface area contributed by atoms with E-state index in [0.29, 0.717) is 16.3 Å². The number of benzene rings is 2. The summed E-state index contributed by atoms with van der Waals surface area (Å²) in [6.45, 7) is 0. The highest BCUT2D eigenvalue weighted by Crippen LogP contribution is 2.28. The van der Waals surface area contributed by atoms with Crippen molar-refractivity contribution in [3.05, 3.63) is 64.4 Å². The Morgan fingerprint density at radius 2 is 1.57 bits per heavy atom. The summed E-state index contributed by atoms with van der Waals surface area (Å²) in [5.74, 6) is -0.302. The number of hydrogen-bond donors (Lipinski definition) is 1. The number of aromatic amines is 1. The van der Waals surface area contributed by atoms with Crippen LogP contribution in [0.4, 0.5) is 13.2 Å². The molecule has 0 aliphatic heterocycles. The molecule has 0 fully saturated rings. The highest BCUT2D eigenvalue weighted by molar-refractivity contribution is 7.98. The molecule has 5 nitrogen and oxygen atoms in total. The Bertz CT molecular complexity index is 1090. The molecule has 0 aliphatic carbocycles. The number of rotatable bonds is 4. The van der Waals surface area contributed by atoms with Crippen LogP contribution in [0, 0.1) is 11.3 Å². The molecule has 0 radical (unpaired) electrons. The van der Waals surface area contributed by atoms with Gasteiger partial charge >= 0.3 is 6.36 Å². The van der Waals surface area contributed by atoms with Crippen molar-refractivity contribution in [2.24, 2.45) is 0 Å². The third kappa shape index (κ3) is 4.35. The Hall–Kier alpha value is -3.25. The van der Waals surface area contributed by atoms with Crippen LogP contribution >= 0.6 is 11.8 Å². The summed E-state index contributed by atoms with van der Waals surface area (Å²) < 4.78 is 40.6. The molecule has 0 aliphatic rings. The van der Waals surface area contributed by atoms with Crippen LogP contribution in [-0.2, 0) is 0 Å². The van der Waals surface area contributed by atoms with Gasteiger partial charge in [-0.25, -0.2) is 4.98 Å². The lowest BCUT2D eigenvalue weighted by molar-refractivity contribution is -0.274. The van der Waals surface area contributed by atoms with Crippen LogP contribution in [0.1, 0.15) is 5.56 Å². The Balaban J connectivity index is 1.92. The van der Waals surface area contributed by atoms with E-state index in [1.165, 1.54) is 36.0 Å². The van der Waals surface area contributed by atoms with Crippen LogP contribution in [0.25, 0.3) is 22.4 Å². The van der Waals surface area contributed by atoms with Gasteiger partial charge < -0.3 is 9.72 Å². The van der Waals surface area contributed by atoms with E-state index >= 15 is 0 Å². The predicted molar refractivity (Wildman–Crippen MR) is 98.9 cm³/mol. The summed E-state index contributed by atoms with van der Waals surface area (Å²) in [4.78, 5) is 18.9. The van der Waals surface area contributed by atoms with Crippen molar-refractivity contribution >= 4 is 11.8 Å². The second kappa shape index (κ2) is 7.78. The number of H-pyrrole nitrogens is 1. The highest BCUT2D eigenvalue weighted by atomic mass is 32.2. The minimum atomic E-state index is -4.74. The molecule has 142 valence electrons. The fourth-order valence-corrected chi connectivity index (χ4v) is 2.91. The maximum atomic E-state index is 12.2. The molecule has 0 bridgehead atoms. The number of nitrogens with one attached hydrogen (secondary N) is 1. The van der Waals surface area contributed by atoms with Crippen molar-refractivity contribution in [3.8, 4) is 34.2 Å². The minimum Gasteiger partial charge on any atom is -0.406 e. The van der Waals surface area contributed by atoms with Crippen LogP contribution in [-0.4, -0.2) is 22.6 Å². The van der Waals surface area contributed by atoms with Crippen molar-refractivity contribution in [1.82, 2.24) is 9.97 Å². The van der Waals surface area contributed by atoms with Crippen LogP contribution in [0.2, 0.25) is 0 Å². The van der Waals surface area contributed by atoms with Crippen LogP contribution in [0.15, 0.2) is 58.5 Å². The Morgan fingerprint density at radius 3 is 2.07 bits per heavy atom. The largest absolute Gasteiger partial charge is 0.573 e. The van der Waals surface area contributed by atoms with Gasteiger partial charge in [-0.05, 0) is 29.5 Å². The smallest absolute Gasteiger partial charge is 0.406 e. The lowest BCUT2D eigenvalue weighted by Gasteiger charge is -2.10. The molecule has 0 spiro atoms. The summed E-state index contributed by atoms with van der Waals surface area (Å²) in [6.07, 6.45) is -2.98. The lowest BCUT2D eigenvalue weighted by Crippen LogP contribution is -2.16. The average Bonchev–Trinajstić information content (AvgIpc) is 2.67. The van der Waals surface area contributed by atoms with E-state index in [1.54, 1.807) is 30.5 Å². The molecule has 3 rings (SSSR count). The van der Waals surface area contributed by atoms with E-state index in [1.807, 2.05) is 6.07 Å². The van der Waals surface area contributed by atoms with Gasteiger partial charge in [0.05, 0.1) is 5.69 Å². The molecule has 9 heteroatoms. The van der Waals surface area contributed by atoms with E-state index < -0.39 is 11.9 Å². The molecule has 0 saturated carbocycles. The fraction of sp³-hybridized carbons (Fsp3) is 0.105. The Kier molecular flexibility index (Phi) is 5.42. The van der Waals surface area contributed by atoms with Gasteiger partial charge in [-0.2, -0.15) is 5.26 Å². The SMILES string of the molecule is CSc1nc(-c2ccc(-c3ccc(OC(F)(F)F)cc3)cc2)c(C#N)c(=O)[nH]1. The molecule has 1 aromatic heterocycles. The highest BCUT2D eigenvalue weighted by Gasteiger charge is 2.30. The van der Waals surface area contributed by atoms with E-state index in [2.05, 4.69) is 14.7 Å². The third-order valence-electron chi connectivity index (χ3n) is 3.78. The number of nitriles is 1. The zero-order valence-electron chi connectivity index (χ0n) is 14.4. The summed E-state index contributed by atoms with van der Waals surface area (Å²) in [6, 6.07) is 14.2. The number of nitrogens with zero attached hydrogens (tertiary/aromatic N) is 2. The van der Waals surface area contributed by atoms with E-state index in [4.69, 9.17) is 0 Å². The summed E-state index contributed by atoms with van der Waals surface area (Å²) in [7, 11) is 0. The molecule has 1 N–H and O–H groups in total. The molecule has 0 saturated heterocycles. The van der Waals surface area contributed by atoms with E-state index in [9.17, 15) is 23.2 Å². The van der Waals surface area contributed by atoms with Crippen LogP contribution < -0.4 is 10.3 Å². The normalized spacial score (nSPS) is 11.1. The minimum absolute atomic E-state index is 0.0841. The van der Waals surface area contributed by atoms with Crippen LogP contribution in [0.5, 0.6) is 5.75 Å². The fourth-order valence-electron chi connectivity index (χ4n) is 2.53. The molecular formula is C19H12F3N3O2S. The maximum Gasteiger partial charge on any atom is 0.573 e. The van der Waals surface area contributed by atoms with E-state index in [-0.39, 0.29) is 17.0 Å². The van der Waals surface area contributed by atoms with Crippen molar-refractivity contribution in [2.75, 3.05) is 6.26 Å². The first kappa shape index (κ1) is 19.5. The Labute approximate surface area is 161 Å². The zero-order valence-corrected chi connectivity index (χ0v) is 15.2. The van der Waals surface area contributed by atoms with Crippen molar-refractivity contribution in [3.63, 3.8) is 0 Å². The maximum absolute atomic E-state index is 12.2. The number of ether oxygens (including phenoxy) is 1. The molecular weight excluding hydrogens is 391 g/mol. The second-order valence-electron chi connectivity index (χ2n) is 5.56. The second-order valence-corrected chi connectivity index (χ2v) is 6.36. The molecule has 1 heterocycles. The van der Waals surface area contributed by atoms with Gasteiger partial charge in [-0.3, -0.25) is 4.79 Å². The summed E-state index contributed by atoms with van der Waals surface area (Å²) in [5.41, 5.74) is 1.69. The number of halogens is 3. The number of thioether (sulfide) groups is 1. The van der Waals surface area contributed by atoms with Crippen molar-refractivity contribution in [2.45, 2.75) is 11.5 Å². The van der Waals surface area contributed by atoms with Gasteiger partial charge in [0, 0.05) is 5.56 Å². The van der Waals surface area contributed by atoms with E-state index in [0.717, 1.165) is 5.56 Å². The average molecular weight is 403 g/mol. The van der Waals surface area contributed by atoms with Crippen molar-refractivity contribution in [1.29, 1.82) is 5.26 Å². The first-order valence-corrected chi connectivity index (χ1v) is 9.08. The molecule has 3 aromatic rings. The lowest BCUT2D eigenvalue weighted by atomic mass is 10.0. The number of aromatic nitrogens is 2. The number of alkyl halides is 3.